The third-order valence-electron chi connectivity index (χ3n) is 3.48. The normalized spacial score (nSPS) is 21.2. The van der Waals surface area contributed by atoms with E-state index in [0.29, 0.717) is 13.1 Å². The first kappa shape index (κ1) is 13.5. The molecule has 19 heavy (non-hydrogen) atoms. The number of amides is 1. The minimum absolute atomic E-state index is 0.0221. The third kappa shape index (κ3) is 3.11. The minimum atomic E-state index is -0.670. The highest BCUT2D eigenvalue weighted by molar-refractivity contribution is 5.92. The zero-order chi connectivity index (χ0) is 14.0. The zero-order valence-electron chi connectivity index (χ0n) is 10.8. The van der Waals surface area contributed by atoms with Gasteiger partial charge in [0.2, 0.25) is 0 Å². The first-order chi connectivity index (χ1) is 8.97. The Hall–Kier alpha value is -1.89. The molecule has 7 nitrogen and oxygen atoms in total. The monoisotopic (exact) mass is 266 g/mol. The maximum absolute atomic E-state index is 12.2. The maximum atomic E-state index is 12.2. The molecule has 0 radical (unpaired) electrons. The van der Waals surface area contributed by atoms with Crippen LogP contribution in [0.25, 0.3) is 0 Å². The van der Waals surface area contributed by atoms with Crippen LogP contribution in [-0.4, -0.2) is 39.9 Å². The summed E-state index contributed by atoms with van der Waals surface area (Å²) in [4.78, 5) is 40.6. The van der Waals surface area contributed by atoms with Gasteiger partial charge in [0.25, 0.3) is 11.5 Å². The van der Waals surface area contributed by atoms with Crippen LogP contribution >= 0.6 is 0 Å². The van der Waals surface area contributed by atoms with Crippen molar-refractivity contribution in [1.82, 2.24) is 14.9 Å². The second-order valence-electron chi connectivity index (χ2n) is 5.01. The summed E-state index contributed by atoms with van der Waals surface area (Å²) >= 11 is 0. The summed E-state index contributed by atoms with van der Waals surface area (Å²) in [5, 5.41) is 0. The lowest BCUT2D eigenvalue weighted by atomic mass is 9.92. The Labute approximate surface area is 109 Å². The summed E-state index contributed by atoms with van der Waals surface area (Å²) in [5.41, 5.74) is 4.65. The summed E-state index contributed by atoms with van der Waals surface area (Å²) in [6, 6.07) is 1.13. The predicted molar refractivity (Wildman–Crippen MR) is 70.0 cm³/mol. The van der Waals surface area contributed by atoms with Crippen molar-refractivity contribution in [3.63, 3.8) is 0 Å². The minimum Gasteiger partial charge on any atom is -0.337 e. The molecule has 1 saturated heterocycles. The molecule has 104 valence electrons. The van der Waals surface area contributed by atoms with Crippen LogP contribution in [0.2, 0.25) is 0 Å². The number of nitrogens with zero attached hydrogens (tertiary/aromatic N) is 1. The predicted octanol–water partition coefficient (Wildman–Crippen LogP) is -0.737. The van der Waals surface area contributed by atoms with Gasteiger partial charge in [0, 0.05) is 25.2 Å². The first-order valence-corrected chi connectivity index (χ1v) is 6.36. The molecule has 2 heterocycles. The molecule has 7 heteroatoms. The molecule has 1 amide bonds. The molecule has 1 aromatic rings. The van der Waals surface area contributed by atoms with E-state index in [2.05, 4.69) is 4.98 Å². The van der Waals surface area contributed by atoms with Crippen LogP contribution < -0.4 is 17.0 Å². The molecule has 0 saturated carbocycles. The number of nitrogens with two attached hydrogens (primary N) is 1. The van der Waals surface area contributed by atoms with Gasteiger partial charge in [-0.15, -0.1) is 0 Å². The number of carbonyl (C=O) groups is 1. The molecule has 2 atom stereocenters. The van der Waals surface area contributed by atoms with Crippen LogP contribution in [0.15, 0.2) is 15.7 Å². The smallest absolute Gasteiger partial charge is 0.326 e. The largest absolute Gasteiger partial charge is 0.337 e. The number of aromatic amines is 2. The van der Waals surface area contributed by atoms with Gasteiger partial charge < -0.3 is 15.6 Å². The average molecular weight is 266 g/mol. The van der Waals surface area contributed by atoms with Gasteiger partial charge in [-0.1, -0.05) is 0 Å². The zero-order valence-corrected chi connectivity index (χ0v) is 10.8. The van der Waals surface area contributed by atoms with Crippen molar-refractivity contribution in [2.45, 2.75) is 25.8 Å². The van der Waals surface area contributed by atoms with E-state index in [0.717, 1.165) is 18.9 Å². The lowest BCUT2D eigenvalue weighted by Crippen LogP contribution is -2.45. The highest BCUT2D eigenvalue weighted by Gasteiger charge is 2.27. The van der Waals surface area contributed by atoms with Crippen LogP contribution in [0.4, 0.5) is 0 Å². The molecule has 2 unspecified atom stereocenters. The number of hydrogen-bond acceptors (Lipinski definition) is 4. The number of piperidine rings is 1. The molecule has 0 aliphatic carbocycles. The second kappa shape index (κ2) is 5.40. The standard InChI is InChI=1S/C12H18N4O3/c1-7(13)8-3-2-4-16(6-8)11(18)9-5-10(17)15-12(19)14-9/h5,7-8H,2-4,6,13H2,1H3,(H2,14,15,17,19). The van der Waals surface area contributed by atoms with E-state index >= 15 is 0 Å². The Morgan fingerprint density at radius 3 is 2.84 bits per heavy atom. The number of rotatable bonds is 2. The van der Waals surface area contributed by atoms with Crippen molar-refractivity contribution in [1.29, 1.82) is 0 Å². The molecule has 1 aromatic heterocycles. The van der Waals surface area contributed by atoms with E-state index in [1.165, 1.54) is 0 Å². The van der Waals surface area contributed by atoms with E-state index in [4.69, 9.17) is 5.73 Å². The number of H-pyrrole nitrogens is 2. The molecule has 2 rings (SSSR count). The molecule has 1 fully saturated rings. The highest BCUT2D eigenvalue weighted by Crippen LogP contribution is 2.19. The van der Waals surface area contributed by atoms with Crippen molar-refractivity contribution >= 4 is 5.91 Å². The summed E-state index contributed by atoms with van der Waals surface area (Å²) in [5.74, 6) is -0.0695. The number of aromatic nitrogens is 2. The number of likely N-dealkylation sites (tertiary alicyclic amines) is 1. The van der Waals surface area contributed by atoms with Crippen LogP contribution in [0.5, 0.6) is 0 Å². The van der Waals surface area contributed by atoms with E-state index < -0.39 is 11.2 Å². The molecular weight excluding hydrogens is 248 g/mol. The van der Waals surface area contributed by atoms with E-state index in [-0.39, 0.29) is 23.6 Å². The van der Waals surface area contributed by atoms with Crippen LogP contribution in [0.1, 0.15) is 30.3 Å². The molecule has 0 spiro atoms. The van der Waals surface area contributed by atoms with Gasteiger partial charge in [-0.25, -0.2) is 4.79 Å². The first-order valence-electron chi connectivity index (χ1n) is 6.36. The lowest BCUT2D eigenvalue weighted by Gasteiger charge is -2.34. The Kier molecular flexibility index (Phi) is 3.84. The molecule has 0 bridgehead atoms. The van der Waals surface area contributed by atoms with E-state index in [1.54, 1.807) is 4.90 Å². The van der Waals surface area contributed by atoms with E-state index in [1.807, 2.05) is 11.9 Å². The summed E-state index contributed by atoms with van der Waals surface area (Å²) in [6.45, 7) is 3.11. The van der Waals surface area contributed by atoms with Crippen molar-refractivity contribution in [2.75, 3.05) is 13.1 Å². The van der Waals surface area contributed by atoms with Crippen LogP contribution in [-0.2, 0) is 0 Å². The van der Waals surface area contributed by atoms with Crippen molar-refractivity contribution < 1.29 is 4.79 Å². The quantitative estimate of drug-likeness (QED) is 0.654. The SMILES string of the molecule is CC(N)C1CCCN(C(=O)c2cc(=O)[nH]c(=O)[nH]2)C1. The number of nitrogens with one attached hydrogen (secondary N) is 2. The second-order valence-corrected chi connectivity index (χ2v) is 5.01. The number of carbonyl (C=O) groups excluding carboxylic acids is 1. The summed E-state index contributed by atoms with van der Waals surface area (Å²) < 4.78 is 0. The average Bonchev–Trinajstić information content (AvgIpc) is 2.37. The Morgan fingerprint density at radius 2 is 2.21 bits per heavy atom. The van der Waals surface area contributed by atoms with Gasteiger partial charge >= 0.3 is 5.69 Å². The summed E-state index contributed by atoms with van der Waals surface area (Å²) in [6.07, 6.45) is 1.87. The van der Waals surface area contributed by atoms with Gasteiger partial charge in [0.1, 0.15) is 5.69 Å². The van der Waals surface area contributed by atoms with Crippen LogP contribution in [0.3, 0.4) is 0 Å². The fourth-order valence-electron chi connectivity index (χ4n) is 2.38. The van der Waals surface area contributed by atoms with Gasteiger partial charge in [-0.05, 0) is 25.7 Å². The molecule has 4 N–H and O–H groups in total. The molecule has 1 aliphatic rings. The highest BCUT2D eigenvalue weighted by atomic mass is 16.2. The number of hydrogen-bond donors (Lipinski definition) is 3. The summed E-state index contributed by atoms with van der Waals surface area (Å²) in [7, 11) is 0. The molecular formula is C12H18N4O3. The molecule has 1 aliphatic heterocycles. The van der Waals surface area contributed by atoms with Crippen molar-refractivity contribution in [3.8, 4) is 0 Å². The fourth-order valence-corrected chi connectivity index (χ4v) is 2.38. The maximum Gasteiger partial charge on any atom is 0.326 e. The van der Waals surface area contributed by atoms with Crippen molar-refractivity contribution in [3.05, 3.63) is 32.6 Å². The Balaban J connectivity index is 2.19. The molecule has 0 aromatic carbocycles. The van der Waals surface area contributed by atoms with Gasteiger partial charge in [0.15, 0.2) is 0 Å². The van der Waals surface area contributed by atoms with Gasteiger partial charge in [-0.2, -0.15) is 0 Å². The third-order valence-corrected chi connectivity index (χ3v) is 3.48. The van der Waals surface area contributed by atoms with Crippen molar-refractivity contribution in [2.24, 2.45) is 11.7 Å². The van der Waals surface area contributed by atoms with E-state index in [9.17, 15) is 14.4 Å². The fraction of sp³-hybridized carbons (Fsp3) is 0.583. The Morgan fingerprint density at radius 1 is 1.47 bits per heavy atom. The van der Waals surface area contributed by atoms with Crippen LogP contribution in [0, 0.1) is 5.92 Å². The lowest BCUT2D eigenvalue weighted by molar-refractivity contribution is 0.0654. The Bertz CT molecular complexity index is 547. The topological polar surface area (TPSA) is 112 Å². The van der Waals surface area contributed by atoms with Gasteiger partial charge in [-0.3, -0.25) is 14.6 Å². The van der Waals surface area contributed by atoms with Gasteiger partial charge in [0.05, 0.1) is 0 Å².